The average molecular weight is 389 g/mol. The molecule has 1 aliphatic rings. The van der Waals surface area contributed by atoms with Crippen molar-refractivity contribution in [2.45, 2.75) is 25.2 Å². The van der Waals surface area contributed by atoms with Crippen molar-refractivity contribution < 1.29 is 19.4 Å². The van der Waals surface area contributed by atoms with E-state index in [4.69, 9.17) is 16.3 Å². The molecule has 0 atom stereocenters. The molecule has 1 fully saturated rings. The van der Waals surface area contributed by atoms with E-state index in [2.05, 4.69) is 4.98 Å². The first-order chi connectivity index (χ1) is 13.0. The number of benzene rings is 1. The van der Waals surface area contributed by atoms with Crippen LogP contribution >= 0.6 is 11.6 Å². The van der Waals surface area contributed by atoms with Gasteiger partial charge >= 0.3 is 5.97 Å². The standard InChI is InChI=1S/C20H21ClN2O4/c1-2-27-17-16(21)12-14(13-22-17)18(24)23-10-8-20(9-11-23,19(25)26)15-6-4-3-5-7-15/h3-7,12-13H,2,8-11H2,1H3,(H,25,26). The van der Waals surface area contributed by atoms with Crippen molar-refractivity contribution in [1.29, 1.82) is 0 Å². The number of amides is 1. The lowest BCUT2D eigenvalue weighted by Gasteiger charge is -2.39. The second kappa shape index (κ2) is 7.96. The lowest BCUT2D eigenvalue weighted by Crippen LogP contribution is -2.49. The number of aliphatic carboxylic acids is 1. The van der Waals surface area contributed by atoms with Crippen LogP contribution < -0.4 is 4.74 Å². The van der Waals surface area contributed by atoms with Crippen LogP contribution in [0.15, 0.2) is 42.6 Å². The number of carboxylic acids is 1. The first kappa shape index (κ1) is 19.2. The van der Waals surface area contributed by atoms with E-state index in [9.17, 15) is 14.7 Å². The lowest BCUT2D eigenvalue weighted by molar-refractivity contribution is -0.145. The number of hydrogen-bond acceptors (Lipinski definition) is 4. The summed E-state index contributed by atoms with van der Waals surface area (Å²) in [6.45, 7) is 2.96. The molecular formula is C20H21ClN2O4. The molecule has 1 aliphatic heterocycles. The van der Waals surface area contributed by atoms with Gasteiger partial charge in [-0.3, -0.25) is 9.59 Å². The number of pyridine rings is 1. The van der Waals surface area contributed by atoms with Gasteiger partial charge in [0.2, 0.25) is 5.88 Å². The summed E-state index contributed by atoms with van der Waals surface area (Å²) in [6.07, 6.45) is 2.15. The molecule has 3 rings (SSSR count). The van der Waals surface area contributed by atoms with Crippen molar-refractivity contribution in [3.63, 3.8) is 0 Å². The Hall–Kier alpha value is -2.60. The molecule has 7 heteroatoms. The highest BCUT2D eigenvalue weighted by Gasteiger charge is 2.43. The van der Waals surface area contributed by atoms with Gasteiger partial charge < -0.3 is 14.7 Å². The second-order valence-electron chi connectivity index (χ2n) is 6.49. The molecule has 6 nitrogen and oxygen atoms in total. The van der Waals surface area contributed by atoms with Crippen LogP contribution in [0.4, 0.5) is 0 Å². The number of rotatable bonds is 5. The minimum absolute atomic E-state index is 0.209. The Morgan fingerprint density at radius 1 is 1.26 bits per heavy atom. The van der Waals surface area contributed by atoms with Crippen LogP contribution in [-0.4, -0.2) is 46.6 Å². The summed E-state index contributed by atoms with van der Waals surface area (Å²) in [4.78, 5) is 30.5. The van der Waals surface area contributed by atoms with Crippen LogP contribution in [0.2, 0.25) is 5.02 Å². The molecule has 2 aromatic rings. The highest BCUT2D eigenvalue weighted by atomic mass is 35.5. The van der Waals surface area contributed by atoms with Crippen molar-refractivity contribution in [1.82, 2.24) is 9.88 Å². The number of carbonyl (C=O) groups is 2. The quantitative estimate of drug-likeness (QED) is 0.849. The highest BCUT2D eigenvalue weighted by molar-refractivity contribution is 6.32. The van der Waals surface area contributed by atoms with Gasteiger partial charge in [0.15, 0.2) is 0 Å². The molecule has 1 N–H and O–H groups in total. The van der Waals surface area contributed by atoms with Crippen molar-refractivity contribution in [3.05, 3.63) is 58.7 Å². The molecule has 0 unspecified atom stereocenters. The number of carboxylic acid groups (broad SMARTS) is 1. The molecular weight excluding hydrogens is 368 g/mol. The summed E-state index contributed by atoms with van der Waals surface area (Å²) < 4.78 is 5.29. The normalized spacial score (nSPS) is 16.0. The molecule has 27 heavy (non-hydrogen) atoms. The maximum atomic E-state index is 12.8. The van der Waals surface area contributed by atoms with Crippen molar-refractivity contribution in [2.75, 3.05) is 19.7 Å². The van der Waals surface area contributed by atoms with Crippen molar-refractivity contribution >= 4 is 23.5 Å². The summed E-state index contributed by atoms with van der Waals surface area (Å²) in [5, 5.41) is 10.1. The van der Waals surface area contributed by atoms with Crippen molar-refractivity contribution in [2.24, 2.45) is 0 Å². The minimum atomic E-state index is -0.966. The van der Waals surface area contributed by atoms with Gasteiger partial charge in [0.05, 0.1) is 17.6 Å². The van der Waals surface area contributed by atoms with E-state index in [1.54, 1.807) is 4.90 Å². The van der Waals surface area contributed by atoms with Gasteiger partial charge in [-0.25, -0.2) is 4.98 Å². The van der Waals surface area contributed by atoms with Crippen LogP contribution in [0.5, 0.6) is 5.88 Å². The molecule has 0 aliphatic carbocycles. The largest absolute Gasteiger partial charge is 0.481 e. The molecule has 2 heterocycles. The molecule has 1 saturated heterocycles. The fraction of sp³-hybridized carbons (Fsp3) is 0.350. The molecule has 0 spiro atoms. The van der Waals surface area contributed by atoms with Crippen LogP contribution in [0.3, 0.4) is 0 Å². The predicted molar refractivity (Wildman–Crippen MR) is 101 cm³/mol. The maximum absolute atomic E-state index is 12.8. The fourth-order valence-electron chi connectivity index (χ4n) is 3.44. The van der Waals surface area contributed by atoms with Crippen molar-refractivity contribution in [3.8, 4) is 5.88 Å². The molecule has 0 radical (unpaired) electrons. The van der Waals surface area contributed by atoms with E-state index in [0.717, 1.165) is 5.56 Å². The molecule has 142 valence electrons. The summed E-state index contributed by atoms with van der Waals surface area (Å²) in [5.74, 6) is -0.769. The number of likely N-dealkylation sites (tertiary alicyclic amines) is 1. The predicted octanol–water partition coefficient (Wildman–Crippen LogP) is 3.39. The Bertz CT molecular complexity index is 833. The van der Waals surface area contributed by atoms with E-state index in [-0.39, 0.29) is 10.9 Å². The topological polar surface area (TPSA) is 79.7 Å². The zero-order valence-electron chi connectivity index (χ0n) is 15.0. The van der Waals surface area contributed by atoms with E-state index in [1.807, 2.05) is 37.3 Å². The summed E-state index contributed by atoms with van der Waals surface area (Å²) in [5.41, 5.74) is 0.175. The van der Waals surface area contributed by atoms with Gasteiger partial charge in [-0.15, -0.1) is 0 Å². The number of halogens is 1. The SMILES string of the molecule is CCOc1ncc(C(=O)N2CCC(C(=O)O)(c3ccccc3)CC2)cc1Cl. The number of piperidine rings is 1. The zero-order valence-corrected chi connectivity index (χ0v) is 15.8. The average Bonchev–Trinajstić information content (AvgIpc) is 2.69. The Balaban J connectivity index is 1.75. The van der Waals surface area contributed by atoms with Gasteiger partial charge in [0, 0.05) is 19.3 Å². The van der Waals surface area contributed by atoms with E-state index >= 15 is 0 Å². The Kier molecular flexibility index (Phi) is 5.65. The van der Waals surface area contributed by atoms with Gasteiger partial charge in [0.25, 0.3) is 5.91 Å². The number of carbonyl (C=O) groups excluding carboxylic acids is 1. The first-order valence-corrected chi connectivity index (χ1v) is 9.22. The Labute approximate surface area is 162 Å². The summed E-state index contributed by atoms with van der Waals surface area (Å²) in [6, 6.07) is 10.7. The number of nitrogens with zero attached hydrogens (tertiary/aromatic N) is 2. The fourth-order valence-corrected chi connectivity index (χ4v) is 3.66. The van der Waals surface area contributed by atoms with Crippen LogP contribution in [0.25, 0.3) is 0 Å². The highest BCUT2D eigenvalue weighted by Crippen LogP contribution is 2.36. The molecule has 1 aromatic heterocycles. The minimum Gasteiger partial charge on any atom is -0.481 e. The van der Waals surface area contributed by atoms with E-state index < -0.39 is 11.4 Å². The smallest absolute Gasteiger partial charge is 0.314 e. The summed E-state index contributed by atoms with van der Waals surface area (Å²) >= 11 is 6.12. The molecule has 0 saturated carbocycles. The first-order valence-electron chi connectivity index (χ1n) is 8.84. The second-order valence-corrected chi connectivity index (χ2v) is 6.90. The number of ether oxygens (including phenoxy) is 1. The van der Waals surface area contributed by atoms with Crippen LogP contribution in [0.1, 0.15) is 35.7 Å². The monoisotopic (exact) mass is 388 g/mol. The lowest BCUT2D eigenvalue weighted by atomic mass is 9.73. The van der Waals surface area contributed by atoms with Crippen LogP contribution in [-0.2, 0) is 10.2 Å². The Morgan fingerprint density at radius 3 is 2.48 bits per heavy atom. The number of hydrogen-bond donors (Lipinski definition) is 1. The number of aromatic nitrogens is 1. The third kappa shape index (κ3) is 3.76. The third-order valence-electron chi connectivity index (χ3n) is 4.98. The maximum Gasteiger partial charge on any atom is 0.314 e. The molecule has 1 aromatic carbocycles. The zero-order chi connectivity index (χ0) is 19.4. The van der Waals surface area contributed by atoms with E-state index in [1.165, 1.54) is 12.3 Å². The molecule has 1 amide bonds. The molecule has 0 bridgehead atoms. The van der Waals surface area contributed by atoms with Gasteiger partial charge in [0.1, 0.15) is 5.02 Å². The Morgan fingerprint density at radius 2 is 1.93 bits per heavy atom. The van der Waals surface area contributed by atoms with Gasteiger partial charge in [-0.1, -0.05) is 41.9 Å². The van der Waals surface area contributed by atoms with Gasteiger partial charge in [-0.05, 0) is 31.4 Å². The van der Waals surface area contributed by atoms with Gasteiger partial charge in [-0.2, -0.15) is 0 Å². The van der Waals surface area contributed by atoms with Crippen LogP contribution in [0, 0.1) is 0 Å². The van der Waals surface area contributed by atoms with E-state index in [0.29, 0.717) is 44.0 Å². The summed E-state index contributed by atoms with van der Waals surface area (Å²) in [7, 11) is 0. The third-order valence-corrected chi connectivity index (χ3v) is 5.25.